The van der Waals surface area contributed by atoms with Crippen LogP contribution in [-0.4, -0.2) is 30.1 Å². The van der Waals surface area contributed by atoms with Gasteiger partial charge in [-0.3, -0.25) is 5.10 Å². The van der Waals surface area contributed by atoms with Gasteiger partial charge in [0.25, 0.3) is 0 Å². The average molecular weight is 339 g/mol. The summed E-state index contributed by atoms with van der Waals surface area (Å²) in [5.74, 6) is 1.13. The lowest BCUT2D eigenvalue weighted by Gasteiger charge is -2.03. The standard InChI is InChI=1S/C9H6IN7/c10-6-1-2-11-9(15-6)16-7-5-3-14-17-8(5)13-4-12-7/h1-4H,(H2,11,12,13,14,15,16,17). The second-order valence-corrected chi connectivity index (χ2v) is 4.29. The fraction of sp³-hybridized carbons (Fsp3) is 0. The Morgan fingerprint density at radius 3 is 3.06 bits per heavy atom. The number of aromatic amines is 1. The van der Waals surface area contributed by atoms with Gasteiger partial charge in [0.05, 0.1) is 11.6 Å². The van der Waals surface area contributed by atoms with E-state index >= 15 is 0 Å². The van der Waals surface area contributed by atoms with Gasteiger partial charge in [-0.25, -0.2) is 19.9 Å². The van der Waals surface area contributed by atoms with E-state index in [1.165, 1.54) is 6.33 Å². The molecule has 0 saturated carbocycles. The number of rotatable bonds is 2. The fourth-order valence-electron chi connectivity index (χ4n) is 1.37. The molecular formula is C9H6IN7. The molecule has 0 fully saturated rings. The Labute approximate surface area is 109 Å². The van der Waals surface area contributed by atoms with E-state index in [4.69, 9.17) is 0 Å². The van der Waals surface area contributed by atoms with Crippen LogP contribution in [0.3, 0.4) is 0 Å². The average Bonchev–Trinajstić information content (AvgIpc) is 2.78. The van der Waals surface area contributed by atoms with Crippen LogP contribution in [0.5, 0.6) is 0 Å². The highest BCUT2D eigenvalue weighted by Gasteiger charge is 2.06. The van der Waals surface area contributed by atoms with Crippen LogP contribution in [0.4, 0.5) is 11.8 Å². The summed E-state index contributed by atoms with van der Waals surface area (Å²) in [4.78, 5) is 16.5. The van der Waals surface area contributed by atoms with Gasteiger partial charge in [0.2, 0.25) is 5.95 Å². The van der Waals surface area contributed by atoms with Crippen LogP contribution in [0, 0.1) is 3.70 Å². The molecule has 0 amide bonds. The molecule has 0 spiro atoms. The van der Waals surface area contributed by atoms with Gasteiger partial charge < -0.3 is 5.32 Å². The largest absolute Gasteiger partial charge is 0.308 e. The predicted molar refractivity (Wildman–Crippen MR) is 69.7 cm³/mol. The van der Waals surface area contributed by atoms with Crippen molar-refractivity contribution in [2.45, 2.75) is 0 Å². The Morgan fingerprint density at radius 2 is 2.18 bits per heavy atom. The summed E-state index contributed by atoms with van der Waals surface area (Å²) >= 11 is 2.12. The summed E-state index contributed by atoms with van der Waals surface area (Å²) in [7, 11) is 0. The van der Waals surface area contributed by atoms with Crippen LogP contribution in [0.25, 0.3) is 11.0 Å². The summed E-state index contributed by atoms with van der Waals surface area (Å²) in [5.41, 5.74) is 0.674. The van der Waals surface area contributed by atoms with Crippen LogP contribution in [0.1, 0.15) is 0 Å². The van der Waals surface area contributed by atoms with Crippen molar-refractivity contribution in [3.8, 4) is 0 Å². The second-order valence-electron chi connectivity index (χ2n) is 3.18. The molecule has 0 bridgehead atoms. The Bertz CT molecular complexity index is 665. The monoisotopic (exact) mass is 339 g/mol. The van der Waals surface area contributed by atoms with E-state index in [0.29, 0.717) is 17.4 Å². The smallest absolute Gasteiger partial charge is 0.229 e. The van der Waals surface area contributed by atoms with E-state index in [1.807, 2.05) is 6.07 Å². The van der Waals surface area contributed by atoms with Gasteiger partial charge in [0, 0.05) is 6.20 Å². The third-order valence-electron chi connectivity index (χ3n) is 2.10. The van der Waals surface area contributed by atoms with Crippen molar-refractivity contribution >= 4 is 45.4 Å². The molecule has 3 rings (SSSR count). The van der Waals surface area contributed by atoms with Gasteiger partial charge in [-0.2, -0.15) is 5.10 Å². The third kappa shape index (κ3) is 2.02. The molecule has 0 aromatic carbocycles. The van der Waals surface area contributed by atoms with Gasteiger partial charge in [0.1, 0.15) is 15.8 Å². The number of aromatic nitrogens is 6. The zero-order valence-corrected chi connectivity index (χ0v) is 10.6. The molecule has 84 valence electrons. The highest BCUT2D eigenvalue weighted by molar-refractivity contribution is 14.1. The van der Waals surface area contributed by atoms with Crippen molar-refractivity contribution in [2.24, 2.45) is 0 Å². The van der Waals surface area contributed by atoms with Gasteiger partial charge in [-0.15, -0.1) is 0 Å². The maximum Gasteiger partial charge on any atom is 0.229 e. The van der Waals surface area contributed by atoms with Gasteiger partial charge in [0.15, 0.2) is 5.65 Å². The van der Waals surface area contributed by atoms with Crippen LogP contribution >= 0.6 is 22.6 Å². The van der Waals surface area contributed by atoms with E-state index in [0.717, 1.165) is 9.09 Å². The van der Waals surface area contributed by atoms with E-state index in [-0.39, 0.29) is 0 Å². The summed E-state index contributed by atoms with van der Waals surface area (Å²) in [6.45, 7) is 0. The lowest BCUT2D eigenvalue weighted by Crippen LogP contribution is -2.00. The first kappa shape index (κ1) is 10.3. The lowest BCUT2D eigenvalue weighted by atomic mass is 10.4. The first-order valence-corrected chi connectivity index (χ1v) is 5.80. The zero-order chi connectivity index (χ0) is 11.7. The highest BCUT2D eigenvalue weighted by Crippen LogP contribution is 2.19. The number of H-pyrrole nitrogens is 1. The Hall–Kier alpha value is -1.84. The molecule has 2 N–H and O–H groups in total. The predicted octanol–water partition coefficient (Wildman–Crippen LogP) is 1.49. The number of halogens is 1. The van der Waals surface area contributed by atoms with E-state index in [2.05, 4.69) is 58.0 Å². The first-order valence-electron chi connectivity index (χ1n) is 4.72. The summed E-state index contributed by atoms with van der Waals surface area (Å²) < 4.78 is 0.859. The molecule has 3 aromatic rings. The maximum atomic E-state index is 4.23. The molecule has 3 aromatic heterocycles. The third-order valence-corrected chi connectivity index (χ3v) is 2.70. The molecule has 0 unspecified atom stereocenters. The quantitative estimate of drug-likeness (QED) is 0.543. The number of fused-ring (bicyclic) bond motifs is 1. The molecule has 0 saturated heterocycles. The summed E-state index contributed by atoms with van der Waals surface area (Å²) in [6, 6.07) is 1.82. The fourth-order valence-corrected chi connectivity index (χ4v) is 1.76. The Balaban J connectivity index is 2.02. The van der Waals surface area contributed by atoms with Crippen molar-refractivity contribution in [1.29, 1.82) is 0 Å². The van der Waals surface area contributed by atoms with Crippen molar-refractivity contribution in [2.75, 3.05) is 5.32 Å². The number of nitrogens with zero attached hydrogens (tertiary/aromatic N) is 5. The van der Waals surface area contributed by atoms with Gasteiger partial charge in [-0.05, 0) is 28.7 Å². The van der Waals surface area contributed by atoms with Gasteiger partial charge >= 0.3 is 0 Å². The number of nitrogens with one attached hydrogen (secondary N) is 2. The minimum absolute atomic E-state index is 0.498. The normalized spacial score (nSPS) is 10.6. The maximum absolute atomic E-state index is 4.23. The number of anilines is 2. The van der Waals surface area contributed by atoms with Crippen molar-refractivity contribution in [1.82, 2.24) is 30.1 Å². The molecule has 17 heavy (non-hydrogen) atoms. The minimum Gasteiger partial charge on any atom is -0.308 e. The molecular weight excluding hydrogens is 333 g/mol. The Morgan fingerprint density at radius 1 is 1.24 bits per heavy atom. The molecule has 3 heterocycles. The van der Waals surface area contributed by atoms with Crippen LogP contribution in [0.15, 0.2) is 24.8 Å². The molecule has 0 aliphatic rings. The van der Waals surface area contributed by atoms with Crippen LogP contribution < -0.4 is 5.32 Å². The van der Waals surface area contributed by atoms with E-state index in [9.17, 15) is 0 Å². The number of hydrogen-bond donors (Lipinski definition) is 2. The number of hydrogen-bond acceptors (Lipinski definition) is 6. The summed E-state index contributed by atoms with van der Waals surface area (Å²) in [6.07, 6.45) is 4.80. The first-order chi connectivity index (χ1) is 8.33. The van der Waals surface area contributed by atoms with Crippen molar-refractivity contribution in [3.63, 3.8) is 0 Å². The molecule has 8 heteroatoms. The van der Waals surface area contributed by atoms with E-state index in [1.54, 1.807) is 12.4 Å². The van der Waals surface area contributed by atoms with Crippen LogP contribution in [0.2, 0.25) is 0 Å². The minimum atomic E-state index is 0.498. The molecule has 0 aliphatic heterocycles. The van der Waals surface area contributed by atoms with Crippen molar-refractivity contribution in [3.05, 3.63) is 28.5 Å². The van der Waals surface area contributed by atoms with Crippen molar-refractivity contribution < 1.29 is 0 Å². The Kier molecular flexibility index (Phi) is 2.55. The highest BCUT2D eigenvalue weighted by atomic mass is 127. The SMILES string of the molecule is Ic1ccnc(Nc2ncnc3[nH]ncc23)n1. The van der Waals surface area contributed by atoms with Crippen LogP contribution in [-0.2, 0) is 0 Å². The molecule has 0 aliphatic carbocycles. The molecule has 7 nitrogen and oxygen atoms in total. The van der Waals surface area contributed by atoms with E-state index < -0.39 is 0 Å². The van der Waals surface area contributed by atoms with Gasteiger partial charge in [-0.1, -0.05) is 0 Å². The second kappa shape index (κ2) is 4.20. The molecule has 0 atom stereocenters. The summed E-state index contributed by atoms with van der Waals surface area (Å²) in [5, 5.41) is 10.5. The lowest BCUT2D eigenvalue weighted by molar-refractivity contribution is 1.09. The topological polar surface area (TPSA) is 92.3 Å². The zero-order valence-electron chi connectivity index (χ0n) is 8.42. The molecule has 0 radical (unpaired) electrons.